The third-order valence-electron chi connectivity index (χ3n) is 3.26. The molecular formula is C12H16N2O7. The van der Waals surface area contributed by atoms with Crippen molar-refractivity contribution in [3.8, 4) is 0 Å². The number of hydrogen-bond acceptors (Lipinski definition) is 8. The standard InChI is InChI=1S/C12H16N2O7/c1-20-8(16)2-6-3-14(5-13-11(6)19)12-10(18)9(17)7(4-15)21-12/h3,5,7,9-10,12,15,17-18H,2,4H2,1H3/t7-,9-,10-,12-/m1/s1. The van der Waals surface area contributed by atoms with Crippen LogP contribution in [-0.2, 0) is 20.7 Å². The summed E-state index contributed by atoms with van der Waals surface area (Å²) in [6, 6.07) is 0. The van der Waals surface area contributed by atoms with Crippen molar-refractivity contribution in [3.63, 3.8) is 0 Å². The van der Waals surface area contributed by atoms with Gasteiger partial charge in [-0.1, -0.05) is 0 Å². The summed E-state index contributed by atoms with van der Waals surface area (Å²) < 4.78 is 11.0. The fourth-order valence-electron chi connectivity index (χ4n) is 2.08. The number of methoxy groups -OCH3 is 1. The van der Waals surface area contributed by atoms with Crippen LogP contribution in [0, 0.1) is 0 Å². The van der Waals surface area contributed by atoms with Crippen molar-refractivity contribution >= 4 is 5.97 Å². The number of aromatic nitrogens is 2. The van der Waals surface area contributed by atoms with Crippen molar-refractivity contribution in [2.24, 2.45) is 0 Å². The zero-order valence-electron chi connectivity index (χ0n) is 11.2. The van der Waals surface area contributed by atoms with E-state index in [1.165, 1.54) is 17.9 Å². The first-order chi connectivity index (χ1) is 9.97. The minimum atomic E-state index is -1.29. The number of ether oxygens (including phenoxy) is 2. The van der Waals surface area contributed by atoms with E-state index in [4.69, 9.17) is 9.84 Å². The summed E-state index contributed by atoms with van der Waals surface area (Å²) in [4.78, 5) is 26.4. The number of carbonyl (C=O) groups excluding carboxylic acids is 1. The summed E-state index contributed by atoms with van der Waals surface area (Å²) in [5, 5.41) is 28.6. The lowest BCUT2D eigenvalue weighted by Gasteiger charge is -2.18. The molecule has 1 saturated heterocycles. The molecule has 1 aromatic rings. The molecule has 3 N–H and O–H groups in total. The highest BCUT2D eigenvalue weighted by atomic mass is 16.6. The van der Waals surface area contributed by atoms with Gasteiger partial charge in [0.05, 0.1) is 20.1 Å². The molecule has 0 amide bonds. The normalized spacial score (nSPS) is 28.6. The Kier molecular flexibility index (Phi) is 4.68. The molecule has 9 nitrogen and oxygen atoms in total. The third kappa shape index (κ3) is 3.10. The van der Waals surface area contributed by atoms with Crippen LogP contribution in [0.1, 0.15) is 11.8 Å². The Morgan fingerprint density at radius 3 is 2.76 bits per heavy atom. The Hall–Kier alpha value is -1.81. The van der Waals surface area contributed by atoms with Gasteiger partial charge in [-0.25, -0.2) is 0 Å². The SMILES string of the molecule is COC(=O)Cc1cn([C@@H]2O[C@H](CO)[C@@H](O)[C@H]2O)cnc1=O. The molecule has 9 heteroatoms. The van der Waals surface area contributed by atoms with E-state index in [9.17, 15) is 19.8 Å². The fourth-order valence-corrected chi connectivity index (χ4v) is 2.08. The Labute approximate surface area is 119 Å². The van der Waals surface area contributed by atoms with E-state index in [2.05, 4.69) is 9.72 Å². The first kappa shape index (κ1) is 15.6. The largest absolute Gasteiger partial charge is 0.469 e. The highest BCUT2D eigenvalue weighted by Crippen LogP contribution is 2.28. The lowest BCUT2D eigenvalue weighted by Crippen LogP contribution is -2.33. The highest BCUT2D eigenvalue weighted by molar-refractivity contribution is 5.72. The molecule has 2 heterocycles. The molecular weight excluding hydrogens is 284 g/mol. The highest BCUT2D eigenvalue weighted by Gasteiger charge is 2.43. The van der Waals surface area contributed by atoms with Crippen molar-refractivity contribution in [2.75, 3.05) is 13.7 Å². The number of aliphatic hydroxyl groups is 3. The van der Waals surface area contributed by atoms with Crippen molar-refractivity contribution in [3.05, 3.63) is 28.4 Å². The quantitative estimate of drug-likeness (QED) is 0.523. The molecule has 2 rings (SSSR count). The number of nitrogens with zero attached hydrogens (tertiary/aromatic N) is 2. The van der Waals surface area contributed by atoms with E-state index in [0.29, 0.717) is 0 Å². The lowest BCUT2D eigenvalue weighted by molar-refractivity contribution is -0.139. The summed E-state index contributed by atoms with van der Waals surface area (Å²) in [7, 11) is 1.20. The van der Waals surface area contributed by atoms with Gasteiger partial charge in [0.15, 0.2) is 6.23 Å². The smallest absolute Gasteiger partial charge is 0.310 e. The zero-order valence-corrected chi connectivity index (χ0v) is 11.2. The Balaban J connectivity index is 2.27. The molecule has 1 aliphatic heterocycles. The molecule has 1 aliphatic rings. The maximum absolute atomic E-state index is 11.6. The zero-order chi connectivity index (χ0) is 15.6. The lowest BCUT2D eigenvalue weighted by atomic mass is 10.1. The van der Waals surface area contributed by atoms with Gasteiger partial charge in [0.2, 0.25) is 0 Å². The fraction of sp³-hybridized carbons (Fsp3) is 0.583. The van der Waals surface area contributed by atoms with Crippen LogP contribution in [0.2, 0.25) is 0 Å². The first-order valence-electron chi connectivity index (χ1n) is 6.24. The van der Waals surface area contributed by atoms with Gasteiger partial charge in [-0.05, 0) is 0 Å². The van der Waals surface area contributed by atoms with Crippen molar-refractivity contribution < 1.29 is 29.6 Å². The monoisotopic (exact) mass is 300 g/mol. The maximum atomic E-state index is 11.6. The topological polar surface area (TPSA) is 131 Å². The van der Waals surface area contributed by atoms with Gasteiger partial charge in [-0.3, -0.25) is 9.59 Å². The van der Waals surface area contributed by atoms with Crippen LogP contribution in [0.3, 0.4) is 0 Å². The molecule has 0 aromatic carbocycles. The van der Waals surface area contributed by atoms with Gasteiger partial charge < -0.3 is 29.4 Å². The van der Waals surface area contributed by atoms with Crippen molar-refractivity contribution in [2.45, 2.75) is 31.0 Å². The van der Waals surface area contributed by atoms with Gasteiger partial charge in [0, 0.05) is 11.8 Å². The van der Waals surface area contributed by atoms with Gasteiger partial charge in [0.1, 0.15) is 24.6 Å². The van der Waals surface area contributed by atoms with Crippen LogP contribution in [0.4, 0.5) is 0 Å². The van der Waals surface area contributed by atoms with Crippen LogP contribution in [0.5, 0.6) is 0 Å². The molecule has 0 aliphatic carbocycles. The van der Waals surface area contributed by atoms with E-state index in [1.807, 2.05) is 0 Å². The van der Waals surface area contributed by atoms with E-state index < -0.39 is 42.7 Å². The van der Waals surface area contributed by atoms with E-state index in [-0.39, 0.29) is 12.0 Å². The average molecular weight is 300 g/mol. The molecule has 1 aromatic heterocycles. The summed E-state index contributed by atoms with van der Waals surface area (Å²) >= 11 is 0. The Bertz CT molecular complexity index is 573. The van der Waals surface area contributed by atoms with Gasteiger partial charge in [-0.15, -0.1) is 0 Å². The predicted octanol–water partition coefficient (Wildman–Crippen LogP) is -2.43. The molecule has 0 radical (unpaired) electrons. The predicted molar refractivity (Wildman–Crippen MR) is 67.2 cm³/mol. The van der Waals surface area contributed by atoms with Crippen LogP contribution in [0.15, 0.2) is 17.3 Å². The second kappa shape index (κ2) is 6.31. The molecule has 21 heavy (non-hydrogen) atoms. The van der Waals surface area contributed by atoms with Crippen LogP contribution in [0.25, 0.3) is 0 Å². The number of hydrogen-bond donors (Lipinski definition) is 3. The van der Waals surface area contributed by atoms with Gasteiger partial charge >= 0.3 is 5.97 Å². The second-order valence-electron chi connectivity index (χ2n) is 4.63. The van der Waals surface area contributed by atoms with Crippen LogP contribution in [-0.4, -0.2) is 62.9 Å². The third-order valence-corrected chi connectivity index (χ3v) is 3.26. The van der Waals surface area contributed by atoms with Crippen molar-refractivity contribution in [1.82, 2.24) is 9.55 Å². The number of aliphatic hydroxyl groups excluding tert-OH is 3. The van der Waals surface area contributed by atoms with Gasteiger partial charge in [0.25, 0.3) is 5.56 Å². The minimum absolute atomic E-state index is 0.0714. The maximum Gasteiger partial charge on any atom is 0.310 e. The van der Waals surface area contributed by atoms with Crippen molar-refractivity contribution in [1.29, 1.82) is 0 Å². The number of rotatable bonds is 4. The Morgan fingerprint density at radius 2 is 2.19 bits per heavy atom. The van der Waals surface area contributed by atoms with E-state index >= 15 is 0 Å². The summed E-state index contributed by atoms with van der Waals surface area (Å²) in [5.41, 5.74) is -0.523. The molecule has 4 atom stereocenters. The second-order valence-corrected chi connectivity index (χ2v) is 4.63. The molecule has 1 fully saturated rings. The Morgan fingerprint density at radius 1 is 1.48 bits per heavy atom. The summed E-state index contributed by atoms with van der Waals surface area (Å²) in [6.45, 7) is -0.461. The molecule has 0 unspecified atom stereocenters. The molecule has 0 bridgehead atoms. The first-order valence-corrected chi connectivity index (χ1v) is 6.24. The molecule has 0 saturated carbocycles. The summed E-state index contributed by atoms with van der Waals surface area (Å²) in [6.07, 6.45) is -2.34. The minimum Gasteiger partial charge on any atom is -0.469 e. The van der Waals surface area contributed by atoms with E-state index in [1.54, 1.807) is 0 Å². The van der Waals surface area contributed by atoms with Crippen LogP contribution < -0.4 is 5.56 Å². The average Bonchev–Trinajstić information content (AvgIpc) is 2.77. The molecule has 0 spiro atoms. The van der Waals surface area contributed by atoms with Crippen LogP contribution >= 0.6 is 0 Å². The van der Waals surface area contributed by atoms with Gasteiger partial charge in [-0.2, -0.15) is 4.98 Å². The number of esters is 1. The van der Waals surface area contributed by atoms with E-state index in [0.717, 1.165) is 6.33 Å². The number of carbonyl (C=O) groups is 1. The summed E-state index contributed by atoms with van der Waals surface area (Å²) in [5.74, 6) is -0.604. The molecule has 116 valence electrons.